The number of amides is 1. The number of nitrogens with one attached hydrogen (secondary N) is 1. The van der Waals surface area contributed by atoms with E-state index in [1.807, 2.05) is 27.8 Å². The van der Waals surface area contributed by atoms with Gasteiger partial charge in [-0.25, -0.2) is 4.48 Å². The Hall–Kier alpha value is -1.63. The van der Waals surface area contributed by atoms with Crippen molar-refractivity contribution >= 4 is 11.8 Å². The van der Waals surface area contributed by atoms with Crippen LogP contribution in [0.25, 0.3) is 0 Å². The first-order chi connectivity index (χ1) is 14.2. The van der Waals surface area contributed by atoms with E-state index in [4.69, 9.17) is 4.74 Å². The van der Waals surface area contributed by atoms with Gasteiger partial charge in [0.2, 0.25) is 0 Å². The molecule has 0 spiro atoms. The smallest absolute Gasteiger partial charge is 0.414 e. The van der Waals surface area contributed by atoms with Crippen molar-refractivity contribution in [1.29, 1.82) is 0 Å². The van der Waals surface area contributed by atoms with Crippen molar-refractivity contribution in [3.8, 4) is 0 Å². The Labute approximate surface area is 181 Å². The van der Waals surface area contributed by atoms with Crippen LogP contribution in [-0.4, -0.2) is 80.0 Å². The molecule has 1 aromatic carbocycles. The van der Waals surface area contributed by atoms with Gasteiger partial charge in [0.05, 0.1) is 7.05 Å². The first-order valence-corrected chi connectivity index (χ1v) is 11.6. The molecule has 166 valence electrons. The van der Waals surface area contributed by atoms with E-state index in [9.17, 15) is 4.79 Å². The van der Waals surface area contributed by atoms with Crippen LogP contribution in [0, 0.1) is 5.92 Å². The molecule has 4 aliphatic rings. The van der Waals surface area contributed by atoms with Crippen molar-refractivity contribution in [3.05, 3.63) is 29.8 Å². The zero-order chi connectivity index (χ0) is 21.4. The predicted octanol–water partition coefficient (Wildman–Crippen LogP) is 3.07. The molecule has 4 saturated heterocycles. The molecule has 1 amide bonds. The molecule has 1 aromatic rings. The van der Waals surface area contributed by atoms with Crippen molar-refractivity contribution < 1.29 is 14.0 Å². The summed E-state index contributed by atoms with van der Waals surface area (Å²) < 4.78 is 6.03. The van der Waals surface area contributed by atoms with E-state index in [0.717, 1.165) is 51.7 Å². The number of quaternary nitrogens is 1. The molecule has 4 fully saturated rings. The number of ether oxygens (including phenoxy) is 1. The first-order valence-electron chi connectivity index (χ1n) is 11.6. The summed E-state index contributed by atoms with van der Waals surface area (Å²) in [7, 11) is 2.01. The second-order valence-corrected chi connectivity index (χ2v) is 10.7. The monoisotopic (exact) mass is 415 g/mol. The van der Waals surface area contributed by atoms with Gasteiger partial charge in [0, 0.05) is 44.5 Å². The van der Waals surface area contributed by atoms with Gasteiger partial charge in [0.15, 0.2) is 0 Å². The first kappa shape index (κ1) is 21.6. The van der Waals surface area contributed by atoms with Crippen molar-refractivity contribution in [2.75, 3.05) is 57.8 Å². The van der Waals surface area contributed by atoms with Crippen molar-refractivity contribution in [3.63, 3.8) is 0 Å². The molecule has 30 heavy (non-hydrogen) atoms. The molecule has 6 nitrogen and oxygen atoms in total. The van der Waals surface area contributed by atoms with Gasteiger partial charge < -0.3 is 15.0 Å². The molecular weight excluding hydrogens is 376 g/mol. The van der Waals surface area contributed by atoms with E-state index in [1.165, 1.54) is 30.6 Å². The maximum absolute atomic E-state index is 12.6. The lowest BCUT2D eigenvalue weighted by Gasteiger charge is -2.40. The highest BCUT2D eigenvalue weighted by Gasteiger charge is 2.40. The average Bonchev–Trinajstić information content (AvgIpc) is 3.05. The predicted molar refractivity (Wildman–Crippen MR) is 121 cm³/mol. The van der Waals surface area contributed by atoms with Gasteiger partial charge in [-0.1, -0.05) is 12.1 Å². The van der Waals surface area contributed by atoms with Gasteiger partial charge >= 0.3 is 6.09 Å². The zero-order valence-corrected chi connectivity index (χ0v) is 19.2. The lowest BCUT2D eigenvalue weighted by molar-refractivity contribution is -0.843. The fourth-order valence-corrected chi connectivity index (χ4v) is 5.00. The topological polar surface area (TPSA) is 44.8 Å². The number of carbonyl (C=O) groups excluding carboxylic acids is 1. The van der Waals surface area contributed by atoms with Crippen LogP contribution >= 0.6 is 0 Å². The van der Waals surface area contributed by atoms with E-state index in [2.05, 4.69) is 39.4 Å². The lowest BCUT2D eigenvalue weighted by atomic mass is 9.94. The Morgan fingerprint density at radius 2 is 1.97 bits per heavy atom. The Balaban J connectivity index is 1.36. The van der Waals surface area contributed by atoms with E-state index >= 15 is 0 Å². The molecule has 2 atom stereocenters. The Kier molecular flexibility index (Phi) is 6.11. The van der Waals surface area contributed by atoms with Crippen LogP contribution in [0.5, 0.6) is 0 Å². The molecule has 2 bridgehead atoms. The van der Waals surface area contributed by atoms with E-state index < -0.39 is 5.60 Å². The second-order valence-electron chi connectivity index (χ2n) is 10.7. The van der Waals surface area contributed by atoms with Gasteiger partial charge in [-0.2, -0.15) is 4.79 Å². The summed E-state index contributed by atoms with van der Waals surface area (Å²) in [6.07, 6.45) is 2.56. The number of carbonyl (C=O) groups is 1. The Morgan fingerprint density at radius 3 is 2.70 bits per heavy atom. The molecule has 0 saturated carbocycles. The van der Waals surface area contributed by atoms with Crippen LogP contribution in [0.3, 0.4) is 0 Å². The van der Waals surface area contributed by atoms with Crippen molar-refractivity contribution in [2.45, 2.75) is 51.8 Å². The molecule has 0 aliphatic carbocycles. The second kappa shape index (κ2) is 8.48. The fraction of sp³-hybridized carbons (Fsp3) is 0.708. The summed E-state index contributed by atoms with van der Waals surface area (Å²) >= 11 is 0. The van der Waals surface area contributed by atoms with Gasteiger partial charge in [0.25, 0.3) is 0 Å². The molecule has 0 radical (unpaired) electrons. The number of hydrogen-bond acceptors (Lipinski definition) is 5. The minimum absolute atomic E-state index is 0.103. The van der Waals surface area contributed by atoms with Crippen molar-refractivity contribution in [2.24, 2.45) is 5.92 Å². The highest BCUT2D eigenvalue weighted by Crippen LogP contribution is 2.30. The molecule has 1 unspecified atom stereocenters. The quantitative estimate of drug-likeness (QED) is 0.769. The number of likely N-dealkylation sites (N-methyl/N-ethyl adjacent to an activating group) is 1. The average molecular weight is 416 g/mol. The number of hydrogen-bond donors (Lipinski definition) is 1. The third-order valence-electron chi connectivity index (χ3n) is 6.92. The Bertz CT molecular complexity index is 748. The van der Waals surface area contributed by atoms with Gasteiger partial charge in [0.1, 0.15) is 18.7 Å². The third-order valence-corrected chi connectivity index (χ3v) is 6.92. The van der Waals surface area contributed by atoms with E-state index in [1.54, 1.807) is 0 Å². The molecular formula is C24H39N4O2+. The maximum atomic E-state index is 12.6. The number of piperidine rings is 1. The van der Waals surface area contributed by atoms with Crippen LogP contribution in [0.4, 0.5) is 10.5 Å². The van der Waals surface area contributed by atoms with Crippen LogP contribution in [0.1, 0.15) is 39.2 Å². The van der Waals surface area contributed by atoms with Gasteiger partial charge in [-0.05, 0) is 63.8 Å². The third kappa shape index (κ3) is 4.98. The van der Waals surface area contributed by atoms with Crippen LogP contribution in [-0.2, 0) is 11.3 Å². The van der Waals surface area contributed by atoms with E-state index in [0.29, 0.717) is 10.5 Å². The molecule has 0 aromatic heterocycles. The van der Waals surface area contributed by atoms with Crippen molar-refractivity contribution in [1.82, 2.24) is 10.2 Å². The number of nitrogens with zero attached hydrogens (tertiary/aromatic N) is 3. The minimum Gasteiger partial charge on any atom is -0.414 e. The van der Waals surface area contributed by atoms with Gasteiger partial charge in [-0.15, -0.1) is 0 Å². The molecule has 6 heteroatoms. The van der Waals surface area contributed by atoms with Crippen LogP contribution < -0.4 is 10.2 Å². The van der Waals surface area contributed by atoms with Crippen LogP contribution in [0.15, 0.2) is 24.3 Å². The zero-order valence-electron chi connectivity index (χ0n) is 19.2. The highest BCUT2D eigenvalue weighted by molar-refractivity contribution is 5.60. The number of benzene rings is 1. The maximum Gasteiger partial charge on any atom is 0.516 e. The largest absolute Gasteiger partial charge is 0.516 e. The van der Waals surface area contributed by atoms with Gasteiger partial charge in [-0.3, -0.25) is 4.90 Å². The van der Waals surface area contributed by atoms with E-state index in [-0.39, 0.29) is 6.09 Å². The SMILES string of the molecule is CC(C)(C)OC(=O)[N+]1(C)CCN(Cc2cccc(N3CC4CC[C@@H]3CNC4)c2)CC1. The summed E-state index contributed by atoms with van der Waals surface area (Å²) in [5, 5.41) is 3.63. The normalized spacial score (nSPS) is 27.0. The molecule has 4 heterocycles. The number of rotatable bonds is 3. The fourth-order valence-electron chi connectivity index (χ4n) is 5.00. The highest BCUT2D eigenvalue weighted by atomic mass is 16.6. The summed E-state index contributed by atoms with van der Waals surface area (Å²) in [6, 6.07) is 9.74. The summed E-state index contributed by atoms with van der Waals surface area (Å²) in [6.45, 7) is 13.6. The molecule has 5 rings (SSSR count). The molecule has 1 N–H and O–H groups in total. The standard InChI is InChI=1S/C24H39N4O2/c1-24(2,3)30-23(29)28(4)12-10-26(11-13-28)17-19-6-5-7-21(14-19)27-18-20-8-9-22(27)16-25-15-20/h5-7,14,20,22,25H,8-13,15-18H2,1-4H3/q+1/t20?,22-/m1/s1. The minimum atomic E-state index is -0.432. The number of piperazine rings is 1. The van der Waals surface area contributed by atoms with Crippen LogP contribution in [0.2, 0.25) is 0 Å². The lowest BCUT2D eigenvalue weighted by Crippen LogP contribution is -2.60. The summed E-state index contributed by atoms with van der Waals surface area (Å²) in [5.74, 6) is 0.776. The number of fused-ring (bicyclic) bond motifs is 4. The molecule has 4 aliphatic heterocycles. The summed E-state index contributed by atoms with van der Waals surface area (Å²) in [4.78, 5) is 17.7. The Morgan fingerprint density at radius 1 is 1.20 bits per heavy atom. The number of anilines is 1. The summed E-state index contributed by atoms with van der Waals surface area (Å²) in [5.41, 5.74) is 2.31.